The molecule has 0 saturated heterocycles. The summed E-state index contributed by atoms with van der Waals surface area (Å²) in [6, 6.07) is 0.984. The Kier molecular flexibility index (Phi) is 7.32. The first-order valence-corrected chi connectivity index (χ1v) is 10.8. The molecule has 27 heavy (non-hydrogen) atoms. The molecule has 0 fully saturated rings. The van der Waals surface area contributed by atoms with Crippen molar-refractivity contribution in [3.63, 3.8) is 0 Å². The second-order valence-corrected chi connectivity index (χ2v) is 8.82. The number of carbonyl (C=O) groups excluding carboxylic acids is 1. The molecule has 0 unspecified atom stereocenters. The first-order chi connectivity index (χ1) is 12.7. The second kappa shape index (κ2) is 9.27. The maximum atomic E-state index is 12.4. The number of carbonyl (C=O) groups is 1. The molecule has 2 rings (SSSR count). The molecule has 9 heteroatoms. The molecule has 150 valence electrons. The molecule has 2 aromatic heterocycles. The third-order valence-electron chi connectivity index (χ3n) is 4.02. The zero-order valence-corrected chi connectivity index (χ0v) is 17.1. The van der Waals surface area contributed by atoms with Gasteiger partial charge in [0.1, 0.15) is 17.4 Å². The van der Waals surface area contributed by atoms with Crippen molar-refractivity contribution in [3.8, 4) is 0 Å². The van der Waals surface area contributed by atoms with Crippen molar-refractivity contribution in [2.45, 2.75) is 53.0 Å². The number of esters is 1. The van der Waals surface area contributed by atoms with Crippen molar-refractivity contribution < 1.29 is 17.9 Å². The van der Waals surface area contributed by atoms with Gasteiger partial charge in [0, 0.05) is 6.20 Å². The van der Waals surface area contributed by atoms with Crippen LogP contribution in [0.4, 0.5) is 0 Å². The molecule has 0 aliphatic carbocycles. The van der Waals surface area contributed by atoms with E-state index in [-0.39, 0.29) is 18.3 Å². The first-order valence-electron chi connectivity index (χ1n) is 9.18. The van der Waals surface area contributed by atoms with Gasteiger partial charge in [0.15, 0.2) is 0 Å². The standard InChI is InChI=1S/C18H28N4O4S/c1-5-26-18(23)16(11-12(2)3)22-27(24,25)10-6-7-14-17-15(8-9-19-14)20-13(4)21-17/h8-9,12,16,22H,5-7,10-11H2,1-4H3,(H,20,21)/t16-/m0/s1. The number of sulfonamides is 1. The lowest BCUT2D eigenvalue weighted by Gasteiger charge is -2.19. The number of nitrogens with one attached hydrogen (secondary N) is 2. The van der Waals surface area contributed by atoms with Crippen molar-refractivity contribution in [3.05, 3.63) is 23.8 Å². The number of pyridine rings is 1. The van der Waals surface area contributed by atoms with E-state index < -0.39 is 22.0 Å². The van der Waals surface area contributed by atoms with E-state index in [1.807, 2.05) is 26.8 Å². The first kappa shape index (κ1) is 21.3. The summed E-state index contributed by atoms with van der Waals surface area (Å²) in [5, 5.41) is 0. The summed E-state index contributed by atoms with van der Waals surface area (Å²) >= 11 is 0. The Balaban J connectivity index is 1.99. The Morgan fingerprint density at radius 1 is 1.37 bits per heavy atom. The fraction of sp³-hybridized carbons (Fsp3) is 0.611. The Labute approximate surface area is 160 Å². The highest BCUT2D eigenvalue weighted by atomic mass is 32.2. The molecule has 0 radical (unpaired) electrons. The van der Waals surface area contributed by atoms with Crippen molar-refractivity contribution in [2.75, 3.05) is 12.4 Å². The van der Waals surface area contributed by atoms with Crippen molar-refractivity contribution in [2.24, 2.45) is 5.92 Å². The van der Waals surface area contributed by atoms with Gasteiger partial charge in [-0.25, -0.2) is 18.1 Å². The predicted molar refractivity (Wildman–Crippen MR) is 104 cm³/mol. The van der Waals surface area contributed by atoms with Gasteiger partial charge in [-0.1, -0.05) is 13.8 Å². The Hall–Kier alpha value is -2.00. The van der Waals surface area contributed by atoms with E-state index in [1.54, 1.807) is 13.1 Å². The van der Waals surface area contributed by atoms with E-state index in [0.717, 1.165) is 22.6 Å². The zero-order chi connectivity index (χ0) is 20.0. The Bertz CT molecular complexity index is 877. The summed E-state index contributed by atoms with van der Waals surface area (Å²) in [6.07, 6.45) is 2.94. The molecule has 8 nitrogen and oxygen atoms in total. The molecular weight excluding hydrogens is 368 g/mol. The molecule has 1 atom stereocenters. The van der Waals surface area contributed by atoms with Gasteiger partial charge in [-0.2, -0.15) is 0 Å². The average molecular weight is 397 g/mol. The van der Waals surface area contributed by atoms with Crippen LogP contribution >= 0.6 is 0 Å². The van der Waals surface area contributed by atoms with Crippen molar-refractivity contribution in [1.82, 2.24) is 19.7 Å². The van der Waals surface area contributed by atoms with Crippen LogP contribution in [0.2, 0.25) is 0 Å². The van der Waals surface area contributed by atoms with E-state index in [4.69, 9.17) is 4.74 Å². The van der Waals surface area contributed by atoms with Crippen LogP contribution in [0.1, 0.15) is 45.1 Å². The predicted octanol–water partition coefficient (Wildman–Crippen LogP) is 2.10. The minimum absolute atomic E-state index is 0.0948. The van der Waals surface area contributed by atoms with Gasteiger partial charge in [-0.15, -0.1) is 0 Å². The lowest BCUT2D eigenvalue weighted by molar-refractivity contribution is -0.145. The highest BCUT2D eigenvalue weighted by Gasteiger charge is 2.26. The molecule has 0 aliphatic rings. The van der Waals surface area contributed by atoms with Crippen LogP contribution in [0, 0.1) is 12.8 Å². The fourth-order valence-electron chi connectivity index (χ4n) is 2.91. The number of ether oxygens (including phenoxy) is 1. The maximum absolute atomic E-state index is 12.4. The van der Waals surface area contributed by atoms with Gasteiger partial charge < -0.3 is 9.72 Å². The van der Waals surface area contributed by atoms with Crippen LogP contribution in [0.3, 0.4) is 0 Å². The van der Waals surface area contributed by atoms with Crippen LogP contribution in [0.25, 0.3) is 11.0 Å². The van der Waals surface area contributed by atoms with E-state index in [0.29, 0.717) is 19.3 Å². The number of hydrogen-bond acceptors (Lipinski definition) is 6. The third kappa shape index (κ3) is 6.28. The minimum atomic E-state index is -3.61. The number of imidazole rings is 1. The number of fused-ring (bicyclic) bond motifs is 1. The van der Waals surface area contributed by atoms with Crippen LogP contribution in [0.15, 0.2) is 12.3 Å². The Morgan fingerprint density at radius 3 is 2.78 bits per heavy atom. The van der Waals surface area contributed by atoms with Gasteiger partial charge in [-0.3, -0.25) is 9.78 Å². The topological polar surface area (TPSA) is 114 Å². The number of aromatic amines is 1. The normalized spacial score (nSPS) is 13.2. The molecule has 0 aliphatic heterocycles. The number of rotatable bonds is 10. The smallest absolute Gasteiger partial charge is 0.324 e. The van der Waals surface area contributed by atoms with Crippen LogP contribution in [-0.2, 0) is 26.0 Å². The monoisotopic (exact) mass is 396 g/mol. The number of aryl methyl sites for hydroxylation is 2. The van der Waals surface area contributed by atoms with Crippen LogP contribution in [0.5, 0.6) is 0 Å². The molecule has 2 heterocycles. The minimum Gasteiger partial charge on any atom is -0.465 e. The molecule has 2 aromatic rings. The average Bonchev–Trinajstić information content (AvgIpc) is 2.95. The van der Waals surface area contributed by atoms with Gasteiger partial charge in [-0.05, 0) is 45.1 Å². The van der Waals surface area contributed by atoms with Gasteiger partial charge >= 0.3 is 5.97 Å². The quantitative estimate of drug-likeness (QED) is 0.595. The lowest BCUT2D eigenvalue weighted by Crippen LogP contribution is -2.43. The maximum Gasteiger partial charge on any atom is 0.324 e. The molecule has 0 saturated carbocycles. The highest BCUT2D eigenvalue weighted by Crippen LogP contribution is 2.16. The highest BCUT2D eigenvalue weighted by molar-refractivity contribution is 7.89. The molecule has 0 bridgehead atoms. The Morgan fingerprint density at radius 2 is 2.11 bits per heavy atom. The second-order valence-electron chi connectivity index (χ2n) is 6.95. The van der Waals surface area contributed by atoms with E-state index >= 15 is 0 Å². The summed E-state index contributed by atoms with van der Waals surface area (Å²) in [5.41, 5.74) is 2.42. The van der Waals surface area contributed by atoms with Gasteiger partial charge in [0.2, 0.25) is 10.0 Å². The van der Waals surface area contributed by atoms with E-state index in [9.17, 15) is 13.2 Å². The number of aromatic nitrogens is 3. The summed E-state index contributed by atoms with van der Waals surface area (Å²) < 4.78 is 32.3. The lowest BCUT2D eigenvalue weighted by atomic mass is 10.1. The molecule has 0 amide bonds. The van der Waals surface area contributed by atoms with Crippen molar-refractivity contribution in [1.29, 1.82) is 0 Å². The number of nitrogens with zero attached hydrogens (tertiary/aromatic N) is 2. The number of H-pyrrole nitrogens is 1. The van der Waals surface area contributed by atoms with Gasteiger partial charge in [0.05, 0.1) is 23.6 Å². The molecule has 2 N–H and O–H groups in total. The summed E-state index contributed by atoms with van der Waals surface area (Å²) in [4.78, 5) is 23.9. The van der Waals surface area contributed by atoms with Gasteiger partial charge in [0.25, 0.3) is 0 Å². The zero-order valence-electron chi connectivity index (χ0n) is 16.3. The summed E-state index contributed by atoms with van der Waals surface area (Å²) in [5.74, 6) is 0.321. The SMILES string of the molecule is CCOC(=O)[C@H](CC(C)C)NS(=O)(=O)CCCc1nccc2[nH]c(C)nc12. The van der Waals surface area contributed by atoms with Crippen LogP contribution < -0.4 is 4.72 Å². The molecule has 0 spiro atoms. The molecule has 0 aromatic carbocycles. The van der Waals surface area contributed by atoms with Crippen molar-refractivity contribution >= 4 is 27.0 Å². The van der Waals surface area contributed by atoms with Crippen LogP contribution in [-0.4, -0.2) is 47.7 Å². The summed E-state index contributed by atoms with van der Waals surface area (Å²) in [7, 11) is -3.61. The summed E-state index contributed by atoms with van der Waals surface area (Å²) in [6.45, 7) is 7.64. The fourth-order valence-corrected chi connectivity index (χ4v) is 4.18. The third-order valence-corrected chi connectivity index (χ3v) is 5.49. The largest absolute Gasteiger partial charge is 0.465 e. The van der Waals surface area contributed by atoms with E-state index in [2.05, 4.69) is 19.7 Å². The van der Waals surface area contributed by atoms with E-state index in [1.165, 1.54) is 0 Å². The number of hydrogen-bond donors (Lipinski definition) is 2. The molecular formula is C18H28N4O4S.